The molecule has 92 valence electrons. The minimum atomic E-state index is -0.395. The van der Waals surface area contributed by atoms with Gasteiger partial charge in [0.1, 0.15) is 0 Å². The van der Waals surface area contributed by atoms with E-state index in [-0.39, 0.29) is 10.6 Å². The van der Waals surface area contributed by atoms with E-state index in [2.05, 4.69) is 20.7 Å². The van der Waals surface area contributed by atoms with Crippen molar-refractivity contribution in [3.63, 3.8) is 0 Å². The number of ether oxygens (including phenoxy) is 1. The number of halogens is 1. The number of esters is 1. The smallest absolute Gasteiger partial charge is 0.337 e. The maximum absolute atomic E-state index is 11.9. The second-order valence-electron chi connectivity index (χ2n) is 3.69. The number of hydrogen-bond acceptors (Lipinski definition) is 3. The molecule has 1 aromatic carbocycles. The van der Waals surface area contributed by atoms with Crippen molar-refractivity contribution in [2.24, 2.45) is 0 Å². The molecule has 0 spiro atoms. The first-order chi connectivity index (χ1) is 8.10. The highest BCUT2D eigenvalue weighted by Gasteiger charge is 2.16. The Morgan fingerprint density at radius 2 is 1.76 bits per heavy atom. The van der Waals surface area contributed by atoms with Gasteiger partial charge in [0, 0.05) is 5.56 Å². The minimum Gasteiger partial charge on any atom is -0.465 e. The third kappa shape index (κ3) is 3.66. The Balaban J connectivity index is 2.80. The van der Waals surface area contributed by atoms with Crippen LogP contribution in [0.15, 0.2) is 24.3 Å². The molecular weight excluding hydrogens is 284 g/mol. The molecule has 0 aliphatic heterocycles. The van der Waals surface area contributed by atoms with Crippen molar-refractivity contribution >= 4 is 27.7 Å². The fraction of sp³-hybridized carbons (Fsp3) is 0.385. The van der Waals surface area contributed by atoms with Crippen LogP contribution in [0.4, 0.5) is 0 Å². The van der Waals surface area contributed by atoms with Gasteiger partial charge in [0.25, 0.3) is 0 Å². The zero-order valence-electron chi connectivity index (χ0n) is 9.90. The molecule has 1 rings (SSSR count). The van der Waals surface area contributed by atoms with Crippen LogP contribution in [0, 0.1) is 0 Å². The summed E-state index contributed by atoms with van der Waals surface area (Å²) in [5.74, 6) is -0.351. The number of rotatable bonds is 5. The van der Waals surface area contributed by atoms with Crippen molar-refractivity contribution in [2.45, 2.75) is 24.6 Å². The fourth-order valence-electron chi connectivity index (χ4n) is 1.45. The van der Waals surface area contributed by atoms with E-state index >= 15 is 0 Å². The molecule has 3 nitrogen and oxygen atoms in total. The van der Waals surface area contributed by atoms with Gasteiger partial charge >= 0.3 is 5.97 Å². The standard InChI is InChI=1S/C13H15BrO3/c1-3-4-11(14)12(15)9-5-7-10(8-6-9)13(16)17-2/h5-8,11H,3-4H2,1-2H3/t11-/m1/s1. The second kappa shape index (κ2) is 6.55. The predicted octanol–water partition coefficient (Wildman–Crippen LogP) is 3.22. The van der Waals surface area contributed by atoms with Gasteiger partial charge in [0.05, 0.1) is 17.5 Å². The van der Waals surface area contributed by atoms with Crippen LogP contribution < -0.4 is 0 Å². The van der Waals surface area contributed by atoms with Crippen LogP contribution in [0.25, 0.3) is 0 Å². The van der Waals surface area contributed by atoms with Crippen molar-refractivity contribution in [2.75, 3.05) is 7.11 Å². The SMILES string of the molecule is CCC[C@@H](Br)C(=O)c1ccc(C(=O)OC)cc1. The maximum Gasteiger partial charge on any atom is 0.337 e. The molecule has 0 aromatic heterocycles. The zero-order valence-corrected chi connectivity index (χ0v) is 11.5. The van der Waals surface area contributed by atoms with E-state index in [1.165, 1.54) is 7.11 Å². The highest BCUT2D eigenvalue weighted by Crippen LogP contribution is 2.16. The Morgan fingerprint density at radius 3 is 2.24 bits per heavy atom. The second-order valence-corrected chi connectivity index (χ2v) is 4.79. The largest absolute Gasteiger partial charge is 0.465 e. The van der Waals surface area contributed by atoms with Gasteiger partial charge in [0.2, 0.25) is 0 Å². The highest BCUT2D eigenvalue weighted by molar-refractivity contribution is 9.10. The third-order valence-corrected chi connectivity index (χ3v) is 3.29. The lowest BCUT2D eigenvalue weighted by molar-refractivity contribution is 0.0600. The molecule has 0 saturated heterocycles. The van der Waals surface area contributed by atoms with Crippen LogP contribution >= 0.6 is 15.9 Å². The molecule has 0 heterocycles. The Hall–Kier alpha value is -1.16. The summed E-state index contributed by atoms with van der Waals surface area (Å²) >= 11 is 3.36. The van der Waals surface area contributed by atoms with Crippen molar-refractivity contribution < 1.29 is 14.3 Å². The molecule has 0 fully saturated rings. The van der Waals surface area contributed by atoms with Gasteiger partial charge in [-0.3, -0.25) is 4.79 Å². The molecule has 0 unspecified atom stereocenters. The van der Waals surface area contributed by atoms with Crippen molar-refractivity contribution in [3.05, 3.63) is 35.4 Å². The lowest BCUT2D eigenvalue weighted by atomic mass is 10.0. The van der Waals surface area contributed by atoms with E-state index in [9.17, 15) is 9.59 Å². The van der Waals surface area contributed by atoms with Gasteiger partial charge in [-0.15, -0.1) is 0 Å². The molecule has 0 N–H and O–H groups in total. The number of methoxy groups -OCH3 is 1. The van der Waals surface area contributed by atoms with E-state index in [1.54, 1.807) is 24.3 Å². The third-order valence-electron chi connectivity index (χ3n) is 2.42. The molecule has 1 atom stereocenters. The van der Waals surface area contributed by atoms with Crippen LogP contribution in [0.3, 0.4) is 0 Å². The first-order valence-electron chi connectivity index (χ1n) is 5.46. The molecule has 0 bridgehead atoms. The summed E-state index contributed by atoms with van der Waals surface area (Å²) in [7, 11) is 1.33. The minimum absolute atomic E-state index is 0.0447. The number of hydrogen-bond donors (Lipinski definition) is 0. The van der Waals surface area contributed by atoms with Crippen molar-refractivity contribution in [1.29, 1.82) is 0 Å². The number of ketones is 1. The van der Waals surface area contributed by atoms with Gasteiger partial charge in [-0.25, -0.2) is 4.79 Å². The molecule has 0 amide bonds. The Bertz CT molecular complexity index is 398. The average molecular weight is 299 g/mol. The molecule has 0 radical (unpaired) electrons. The summed E-state index contributed by atoms with van der Waals surface area (Å²) in [4.78, 5) is 23.0. The summed E-state index contributed by atoms with van der Waals surface area (Å²) in [6.07, 6.45) is 1.75. The summed E-state index contributed by atoms with van der Waals surface area (Å²) < 4.78 is 4.59. The van der Waals surface area contributed by atoms with Gasteiger partial charge < -0.3 is 4.74 Å². The normalized spacial score (nSPS) is 11.9. The van der Waals surface area contributed by atoms with Crippen LogP contribution in [-0.2, 0) is 4.74 Å². The van der Waals surface area contributed by atoms with Gasteiger partial charge in [-0.05, 0) is 18.6 Å². The van der Waals surface area contributed by atoms with Crippen LogP contribution in [0.1, 0.15) is 40.5 Å². The van der Waals surface area contributed by atoms with Crippen LogP contribution in [0.2, 0.25) is 0 Å². The predicted molar refractivity (Wildman–Crippen MR) is 69.7 cm³/mol. The van der Waals surface area contributed by atoms with Gasteiger partial charge in [0.15, 0.2) is 5.78 Å². The lowest BCUT2D eigenvalue weighted by Crippen LogP contribution is -2.14. The lowest BCUT2D eigenvalue weighted by Gasteiger charge is -2.07. The summed E-state index contributed by atoms with van der Waals surface area (Å²) in [6, 6.07) is 6.51. The van der Waals surface area contributed by atoms with E-state index in [4.69, 9.17) is 0 Å². The van der Waals surface area contributed by atoms with E-state index in [0.29, 0.717) is 11.1 Å². The number of carbonyl (C=O) groups excluding carboxylic acids is 2. The van der Waals surface area contributed by atoms with Gasteiger partial charge in [-0.2, -0.15) is 0 Å². The van der Waals surface area contributed by atoms with Crippen LogP contribution in [0.5, 0.6) is 0 Å². The quantitative estimate of drug-likeness (QED) is 0.476. The molecular formula is C13H15BrO3. The molecule has 0 aliphatic rings. The Labute approximate surface area is 109 Å². The Kier molecular flexibility index (Phi) is 5.35. The number of carbonyl (C=O) groups is 2. The van der Waals surface area contributed by atoms with E-state index < -0.39 is 5.97 Å². The summed E-state index contributed by atoms with van der Waals surface area (Å²) in [5.41, 5.74) is 1.05. The van der Waals surface area contributed by atoms with Crippen LogP contribution in [-0.4, -0.2) is 23.7 Å². The molecule has 0 aliphatic carbocycles. The average Bonchev–Trinajstić information content (AvgIpc) is 2.37. The first kappa shape index (κ1) is 13.9. The highest BCUT2D eigenvalue weighted by atomic mass is 79.9. The van der Waals surface area contributed by atoms with Crippen molar-refractivity contribution in [1.82, 2.24) is 0 Å². The molecule has 1 aromatic rings. The van der Waals surface area contributed by atoms with Gasteiger partial charge in [-0.1, -0.05) is 41.4 Å². The number of Topliss-reactive ketones (excluding diaryl/α,β-unsaturated/α-hetero) is 1. The molecule has 17 heavy (non-hydrogen) atoms. The van der Waals surface area contributed by atoms with Crippen molar-refractivity contribution in [3.8, 4) is 0 Å². The molecule has 0 saturated carbocycles. The number of benzene rings is 1. The maximum atomic E-state index is 11.9. The molecule has 4 heteroatoms. The number of alkyl halides is 1. The zero-order chi connectivity index (χ0) is 12.8. The summed E-state index contributed by atoms with van der Waals surface area (Å²) in [5, 5.41) is 0. The van der Waals surface area contributed by atoms with E-state index in [0.717, 1.165) is 12.8 Å². The Morgan fingerprint density at radius 1 is 1.24 bits per heavy atom. The fourth-order valence-corrected chi connectivity index (χ4v) is 2.18. The topological polar surface area (TPSA) is 43.4 Å². The monoisotopic (exact) mass is 298 g/mol. The summed E-state index contributed by atoms with van der Waals surface area (Å²) in [6.45, 7) is 2.03. The first-order valence-corrected chi connectivity index (χ1v) is 6.38. The van der Waals surface area contributed by atoms with E-state index in [1.807, 2.05) is 6.92 Å².